The number of nitrogens with two attached hydrogens (primary N) is 2. The first-order valence-corrected chi connectivity index (χ1v) is 2.03. The highest BCUT2D eigenvalue weighted by Crippen LogP contribution is 1.62. The van der Waals surface area contributed by atoms with Gasteiger partial charge >= 0.3 is 0 Å². The van der Waals surface area contributed by atoms with Crippen molar-refractivity contribution in [3.8, 4) is 0 Å². The molecule has 0 aliphatic heterocycles. The SMILES string of the molecule is NCC(N)N[N+](=O)[O-]. The Morgan fingerprint density at radius 3 is 2.50 bits per heavy atom. The van der Waals surface area contributed by atoms with Gasteiger partial charge in [0.25, 0.3) is 0 Å². The quantitative estimate of drug-likeness (QED) is 0.227. The van der Waals surface area contributed by atoms with Crippen LogP contribution in [0.3, 0.4) is 0 Å². The number of rotatable bonds is 3. The van der Waals surface area contributed by atoms with E-state index in [1.54, 1.807) is 5.43 Å². The molecule has 0 aromatic rings. The van der Waals surface area contributed by atoms with Gasteiger partial charge in [0.1, 0.15) is 6.17 Å². The first-order chi connectivity index (χ1) is 3.66. The average Bonchev–Trinajstić information content (AvgIpc) is 1.65. The van der Waals surface area contributed by atoms with E-state index in [4.69, 9.17) is 11.5 Å². The highest BCUT2D eigenvalue weighted by Gasteiger charge is 2.01. The van der Waals surface area contributed by atoms with E-state index in [1.165, 1.54) is 0 Å². The van der Waals surface area contributed by atoms with E-state index in [0.717, 1.165) is 0 Å². The molecule has 0 radical (unpaired) electrons. The second kappa shape index (κ2) is 3.16. The normalized spacial score (nSPS) is 12.8. The lowest BCUT2D eigenvalue weighted by molar-refractivity contribution is -0.550. The first kappa shape index (κ1) is 7.12. The zero-order valence-electron chi connectivity index (χ0n) is 4.20. The van der Waals surface area contributed by atoms with Crippen molar-refractivity contribution in [2.24, 2.45) is 11.5 Å². The third-order valence-corrected chi connectivity index (χ3v) is 0.525. The molecular weight excluding hydrogens is 112 g/mol. The minimum atomic E-state index is -0.745. The Morgan fingerprint density at radius 1 is 1.88 bits per heavy atom. The molecule has 6 nitrogen and oxygen atoms in total. The molecule has 0 heterocycles. The van der Waals surface area contributed by atoms with Crippen molar-refractivity contribution in [3.05, 3.63) is 10.1 Å². The predicted octanol–water partition coefficient (Wildman–Crippen LogP) is -1.99. The lowest BCUT2D eigenvalue weighted by atomic mass is 10.6. The van der Waals surface area contributed by atoms with E-state index in [2.05, 4.69) is 0 Å². The van der Waals surface area contributed by atoms with E-state index < -0.39 is 11.2 Å². The van der Waals surface area contributed by atoms with Crippen LogP contribution >= 0.6 is 0 Å². The van der Waals surface area contributed by atoms with Gasteiger partial charge in [-0.2, -0.15) is 0 Å². The Morgan fingerprint density at radius 2 is 2.38 bits per heavy atom. The van der Waals surface area contributed by atoms with Crippen molar-refractivity contribution in [1.29, 1.82) is 0 Å². The van der Waals surface area contributed by atoms with Gasteiger partial charge in [0.15, 0.2) is 5.03 Å². The monoisotopic (exact) mass is 120 g/mol. The van der Waals surface area contributed by atoms with E-state index in [9.17, 15) is 10.1 Å². The number of hydrazine groups is 1. The molecule has 0 bridgehead atoms. The van der Waals surface area contributed by atoms with Gasteiger partial charge in [-0.1, -0.05) is 0 Å². The van der Waals surface area contributed by atoms with Crippen LogP contribution in [-0.4, -0.2) is 17.7 Å². The van der Waals surface area contributed by atoms with Crippen LogP contribution in [0, 0.1) is 10.1 Å². The van der Waals surface area contributed by atoms with Crippen LogP contribution < -0.4 is 16.9 Å². The summed E-state index contributed by atoms with van der Waals surface area (Å²) in [5.41, 5.74) is 11.7. The van der Waals surface area contributed by atoms with E-state index >= 15 is 0 Å². The lowest BCUT2D eigenvalue weighted by Crippen LogP contribution is -2.46. The van der Waals surface area contributed by atoms with Crippen molar-refractivity contribution < 1.29 is 5.03 Å². The zero-order chi connectivity index (χ0) is 6.57. The number of nitrogens with one attached hydrogen (secondary N) is 1. The number of hydrogen-bond acceptors (Lipinski definition) is 4. The summed E-state index contributed by atoms with van der Waals surface area (Å²) in [5, 5.41) is 8.80. The first-order valence-electron chi connectivity index (χ1n) is 2.03. The van der Waals surface area contributed by atoms with Crippen LogP contribution in [-0.2, 0) is 0 Å². The standard InChI is InChI=1S/C2H8N4O2/c3-1-2(4)5-6(7)8/h2,5H,1,3-4H2. The van der Waals surface area contributed by atoms with Gasteiger partial charge in [0, 0.05) is 6.54 Å². The van der Waals surface area contributed by atoms with Gasteiger partial charge in [-0.05, 0) is 0 Å². The Labute approximate surface area is 46.0 Å². The summed E-state index contributed by atoms with van der Waals surface area (Å²) >= 11 is 0. The molecule has 0 aromatic heterocycles. The molecule has 0 aromatic carbocycles. The van der Waals surface area contributed by atoms with Crippen LogP contribution in [0.2, 0.25) is 0 Å². The average molecular weight is 120 g/mol. The maximum atomic E-state index is 9.53. The van der Waals surface area contributed by atoms with Crippen molar-refractivity contribution >= 4 is 0 Å². The summed E-state index contributed by atoms with van der Waals surface area (Å²) in [4.78, 5) is 9.53. The Hall–Kier alpha value is -0.880. The molecular formula is C2H8N4O2. The molecule has 8 heavy (non-hydrogen) atoms. The molecule has 0 saturated heterocycles. The Balaban J connectivity index is 3.24. The third kappa shape index (κ3) is 3.32. The molecule has 1 unspecified atom stereocenters. The smallest absolute Gasteiger partial charge is 0.159 e. The fraction of sp³-hybridized carbons (Fsp3) is 1.00. The minimum Gasteiger partial charge on any atom is -0.327 e. The maximum Gasteiger partial charge on any atom is 0.159 e. The molecule has 0 fully saturated rings. The second-order valence-corrected chi connectivity index (χ2v) is 1.23. The molecule has 0 saturated carbocycles. The molecule has 0 amide bonds. The minimum absolute atomic E-state index is 0.0565. The molecule has 1 atom stereocenters. The lowest BCUT2D eigenvalue weighted by Gasteiger charge is -2.01. The van der Waals surface area contributed by atoms with Crippen LogP contribution in [0.25, 0.3) is 0 Å². The topological polar surface area (TPSA) is 107 Å². The second-order valence-electron chi connectivity index (χ2n) is 1.23. The third-order valence-electron chi connectivity index (χ3n) is 0.525. The van der Waals surface area contributed by atoms with Crippen molar-refractivity contribution in [2.45, 2.75) is 6.17 Å². The fourth-order valence-corrected chi connectivity index (χ4v) is 0.188. The molecule has 5 N–H and O–H groups in total. The molecule has 0 aliphatic carbocycles. The van der Waals surface area contributed by atoms with Gasteiger partial charge in [-0.15, -0.1) is 5.43 Å². The van der Waals surface area contributed by atoms with Gasteiger partial charge in [-0.25, -0.2) is 10.1 Å². The molecule has 6 heteroatoms. The van der Waals surface area contributed by atoms with Gasteiger partial charge in [-0.3, -0.25) is 0 Å². The van der Waals surface area contributed by atoms with Crippen molar-refractivity contribution in [2.75, 3.05) is 6.54 Å². The van der Waals surface area contributed by atoms with Crippen molar-refractivity contribution in [1.82, 2.24) is 5.43 Å². The molecule has 0 aliphatic rings. The van der Waals surface area contributed by atoms with Crippen LogP contribution in [0.5, 0.6) is 0 Å². The molecule has 0 rings (SSSR count). The highest BCUT2D eigenvalue weighted by molar-refractivity contribution is 4.48. The summed E-state index contributed by atoms with van der Waals surface area (Å²) in [5.74, 6) is 0. The van der Waals surface area contributed by atoms with Crippen molar-refractivity contribution in [3.63, 3.8) is 0 Å². The predicted molar refractivity (Wildman–Crippen MR) is 27.2 cm³/mol. The maximum absolute atomic E-state index is 9.53. The summed E-state index contributed by atoms with van der Waals surface area (Å²) in [6.45, 7) is 0.0565. The number of hydrogen-bond donors (Lipinski definition) is 3. The van der Waals surface area contributed by atoms with Crippen LogP contribution in [0.15, 0.2) is 0 Å². The summed E-state index contributed by atoms with van der Waals surface area (Å²) < 4.78 is 0. The summed E-state index contributed by atoms with van der Waals surface area (Å²) in [6.07, 6.45) is -0.745. The summed E-state index contributed by atoms with van der Waals surface area (Å²) in [7, 11) is 0. The van der Waals surface area contributed by atoms with E-state index in [1.807, 2.05) is 0 Å². The van der Waals surface area contributed by atoms with E-state index in [-0.39, 0.29) is 6.54 Å². The molecule has 48 valence electrons. The fourth-order valence-electron chi connectivity index (χ4n) is 0.188. The van der Waals surface area contributed by atoms with Crippen LogP contribution in [0.1, 0.15) is 0 Å². The van der Waals surface area contributed by atoms with Gasteiger partial charge < -0.3 is 11.5 Å². The Kier molecular flexibility index (Phi) is 2.82. The zero-order valence-corrected chi connectivity index (χ0v) is 4.20. The Bertz CT molecular complexity index is 84.1. The van der Waals surface area contributed by atoms with Crippen LogP contribution in [0.4, 0.5) is 0 Å². The number of nitro groups is 1. The van der Waals surface area contributed by atoms with E-state index in [0.29, 0.717) is 0 Å². The largest absolute Gasteiger partial charge is 0.327 e. The highest BCUT2D eigenvalue weighted by atomic mass is 16.7. The molecule has 0 spiro atoms. The van der Waals surface area contributed by atoms with Gasteiger partial charge in [0.05, 0.1) is 0 Å². The number of nitrogens with zero attached hydrogens (tertiary/aromatic N) is 1. The van der Waals surface area contributed by atoms with Gasteiger partial charge in [0.2, 0.25) is 0 Å². The summed E-state index contributed by atoms with van der Waals surface area (Å²) in [6, 6.07) is 0.